The van der Waals surface area contributed by atoms with Crippen molar-refractivity contribution in [3.05, 3.63) is 35.2 Å². The number of thioether (sulfide) groups is 1. The Morgan fingerprint density at radius 3 is 2.83 bits per heavy atom. The van der Waals surface area contributed by atoms with Gasteiger partial charge in [-0.3, -0.25) is 4.79 Å². The van der Waals surface area contributed by atoms with E-state index in [1.807, 2.05) is 32.0 Å². The van der Waals surface area contributed by atoms with E-state index >= 15 is 0 Å². The lowest BCUT2D eigenvalue weighted by Gasteiger charge is -2.10. The lowest BCUT2D eigenvalue weighted by Crippen LogP contribution is -2.17. The molecule has 6 nitrogen and oxygen atoms in total. The Kier molecular flexibility index (Phi) is 6.66. The van der Waals surface area contributed by atoms with Crippen LogP contribution in [0.15, 0.2) is 23.4 Å². The molecule has 1 aromatic heterocycles. The van der Waals surface area contributed by atoms with Crippen LogP contribution in [0, 0.1) is 13.8 Å². The fraction of sp³-hybridized carbons (Fsp3) is 0.471. The summed E-state index contributed by atoms with van der Waals surface area (Å²) < 4.78 is 1.49. The average molecular weight is 347 g/mol. The van der Waals surface area contributed by atoms with Gasteiger partial charge in [0.2, 0.25) is 11.1 Å². The molecule has 1 aromatic carbocycles. The van der Waals surface area contributed by atoms with E-state index in [2.05, 4.69) is 22.4 Å². The van der Waals surface area contributed by atoms with Crippen molar-refractivity contribution in [2.45, 2.75) is 51.6 Å². The predicted octanol–water partition coefficient (Wildman–Crippen LogP) is 3.07. The molecule has 0 saturated heterocycles. The number of amides is 1. The lowest BCUT2D eigenvalue weighted by molar-refractivity contribution is -0.113. The first-order valence-corrected chi connectivity index (χ1v) is 9.19. The predicted molar refractivity (Wildman–Crippen MR) is 98.7 cm³/mol. The molecule has 3 N–H and O–H groups in total. The molecule has 24 heavy (non-hydrogen) atoms. The summed E-state index contributed by atoms with van der Waals surface area (Å²) in [6.07, 6.45) is 4.16. The van der Waals surface area contributed by atoms with Gasteiger partial charge in [0, 0.05) is 12.1 Å². The molecule has 1 heterocycles. The van der Waals surface area contributed by atoms with Gasteiger partial charge in [-0.05, 0) is 37.5 Å². The third kappa shape index (κ3) is 4.74. The van der Waals surface area contributed by atoms with Gasteiger partial charge in [0.15, 0.2) is 5.82 Å². The van der Waals surface area contributed by atoms with Gasteiger partial charge >= 0.3 is 0 Å². The molecule has 1 amide bonds. The van der Waals surface area contributed by atoms with Gasteiger partial charge in [0.1, 0.15) is 0 Å². The Balaban J connectivity index is 1.89. The highest BCUT2D eigenvalue weighted by Gasteiger charge is 2.13. The van der Waals surface area contributed by atoms with Crippen molar-refractivity contribution in [3.63, 3.8) is 0 Å². The minimum Gasteiger partial charge on any atom is -0.336 e. The Bertz CT molecular complexity index is 698. The highest BCUT2D eigenvalue weighted by Crippen LogP contribution is 2.20. The second kappa shape index (κ2) is 8.73. The summed E-state index contributed by atoms with van der Waals surface area (Å²) in [5.41, 5.74) is 3.07. The van der Waals surface area contributed by atoms with E-state index in [0.717, 1.165) is 48.3 Å². The van der Waals surface area contributed by atoms with Gasteiger partial charge in [0.05, 0.1) is 5.75 Å². The largest absolute Gasteiger partial charge is 0.336 e. The number of unbranched alkanes of at least 4 members (excludes halogenated alkanes) is 2. The Morgan fingerprint density at radius 2 is 2.08 bits per heavy atom. The number of benzene rings is 1. The van der Waals surface area contributed by atoms with Crippen molar-refractivity contribution in [3.8, 4) is 0 Å². The first-order chi connectivity index (χ1) is 11.5. The molecule has 0 spiro atoms. The van der Waals surface area contributed by atoms with Crippen LogP contribution in [0.1, 0.15) is 43.1 Å². The standard InChI is InChI=1S/C17H25N5OS/c1-4-5-6-10-15-20-21-17(22(15)18)24-11-16(23)19-14-9-7-8-12(2)13(14)3/h7-9H,4-6,10-11,18H2,1-3H3,(H,19,23). The first kappa shape index (κ1) is 18.3. The van der Waals surface area contributed by atoms with E-state index in [4.69, 9.17) is 5.84 Å². The molecule has 0 aliphatic heterocycles. The topological polar surface area (TPSA) is 85.8 Å². The van der Waals surface area contributed by atoms with Crippen LogP contribution in [-0.4, -0.2) is 26.5 Å². The molecule has 7 heteroatoms. The van der Waals surface area contributed by atoms with Crippen molar-refractivity contribution in [1.29, 1.82) is 0 Å². The number of nitrogen functional groups attached to an aromatic ring is 1. The molecular formula is C17H25N5OS. The molecular weight excluding hydrogens is 322 g/mol. The molecule has 0 bridgehead atoms. The second-order valence-electron chi connectivity index (χ2n) is 5.81. The van der Waals surface area contributed by atoms with E-state index in [-0.39, 0.29) is 11.7 Å². The molecule has 0 saturated carbocycles. The molecule has 0 radical (unpaired) electrons. The van der Waals surface area contributed by atoms with E-state index < -0.39 is 0 Å². The number of hydrogen-bond donors (Lipinski definition) is 2. The third-order valence-corrected chi connectivity index (χ3v) is 4.89. The van der Waals surface area contributed by atoms with Crippen LogP contribution in [0.5, 0.6) is 0 Å². The van der Waals surface area contributed by atoms with Crippen LogP contribution in [0.25, 0.3) is 0 Å². The van der Waals surface area contributed by atoms with Gasteiger partial charge in [0.25, 0.3) is 0 Å². The van der Waals surface area contributed by atoms with E-state index in [1.165, 1.54) is 16.4 Å². The van der Waals surface area contributed by atoms with Crippen LogP contribution in [0.2, 0.25) is 0 Å². The van der Waals surface area contributed by atoms with Crippen LogP contribution in [0.3, 0.4) is 0 Å². The summed E-state index contributed by atoms with van der Waals surface area (Å²) in [7, 11) is 0. The molecule has 0 atom stereocenters. The number of nitrogens with two attached hydrogens (primary N) is 1. The van der Waals surface area contributed by atoms with Gasteiger partial charge in [-0.1, -0.05) is 43.7 Å². The van der Waals surface area contributed by atoms with Crippen LogP contribution in [-0.2, 0) is 11.2 Å². The zero-order valence-electron chi connectivity index (χ0n) is 14.5. The fourth-order valence-electron chi connectivity index (χ4n) is 2.31. The third-order valence-electron chi connectivity index (χ3n) is 3.95. The molecule has 2 rings (SSSR count). The molecule has 0 unspecified atom stereocenters. The van der Waals surface area contributed by atoms with Crippen molar-refractivity contribution in [1.82, 2.24) is 14.9 Å². The summed E-state index contributed by atoms with van der Waals surface area (Å²) in [5, 5.41) is 11.7. The monoisotopic (exact) mass is 347 g/mol. The number of carbonyl (C=O) groups excluding carboxylic acids is 1. The summed E-state index contributed by atoms with van der Waals surface area (Å²) >= 11 is 1.30. The smallest absolute Gasteiger partial charge is 0.234 e. The minimum atomic E-state index is -0.0794. The molecule has 0 aliphatic carbocycles. The average Bonchev–Trinajstić information content (AvgIpc) is 2.91. The van der Waals surface area contributed by atoms with Crippen molar-refractivity contribution < 1.29 is 4.79 Å². The second-order valence-corrected chi connectivity index (χ2v) is 6.75. The number of nitrogens with one attached hydrogen (secondary N) is 1. The highest BCUT2D eigenvalue weighted by atomic mass is 32.2. The van der Waals surface area contributed by atoms with E-state index in [1.54, 1.807) is 0 Å². The number of aryl methyl sites for hydroxylation is 2. The zero-order valence-corrected chi connectivity index (χ0v) is 15.3. The Labute approximate surface area is 147 Å². The van der Waals surface area contributed by atoms with E-state index in [9.17, 15) is 4.79 Å². The lowest BCUT2D eigenvalue weighted by atomic mass is 10.1. The zero-order chi connectivity index (χ0) is 17.5. The van der Waals surface area contributed by atoms with Gasteiger partial charge in [-0.25, -0.2) is 4.68 Å². The quantitative estimate of drug-likeness (QED) is 0.435. The summed E-state index contributed by atoms with van der Waals surface area (Å²) in [4.78, 5) is 12.1. The molecule has 0 aliphatic rings. The minimum absolute atomic E-state index is 0.0794. The SMILES string of the molecule is CCCCCc1nnc(SCC(=O)Nc2cccc(C)c2C)n1N. The van der Waals surface area contributed by atoms with Gasteiger partial charge in [-0.2, -0.15) is 0 Å². The summed E-state index contributed by atoms with van der Waals surface area (Å²) in [5.74, 6) is 6.94. The maximum atomic E-state index is 12.1. The normalized spacial score (nSPS) is 10.8. The van der Waals surface area contributed by atoms with Gasteiger partial charge < -0.3 is 11.2 Å². The highest BCUT2D eigenvalue weighted by molar-refractivity contribution is 7.99. The van der Waals surface area contributed by atoms with Crippen molar-refractivity contribution in [2.24, 2.45) is 0 Å². The number of nitrogens with zero attached hydrogens (tertiary/aromatic N) is 3. The van der Waals surface area contributed by atoms with Crippen molar-refractivity contribution >= 4 is 23.4 Å². The Morgan fingerprint density at radius 1 is 1.29 bits per heavy atom. The first-order valence-electron chi connectivity index (χ1n) is 8.21. The number of rotatable bonds is 8. The van der Waals surface area contributed by atoms with Crippen LogP contribution >= 0.6 is 11.8 Å². The maximum absolute atomic E-state index is 12.1. The van der Waals surface area contributed by atoms with Gasteiger partial charge in [-0.15, -0.1) is 10.2 Å². The molecule has 130 valence electrons. The van der Waals surface area contributed by atoms with E-state index in [0.29, 0.717) is 5.16 Å². The number of carbonyl (C=O) groups is 1. The Hall–Kier alpha value is -2.02. The van der Waals surface area contributed by atoms with Crippen LogP contribution < -0.4 is 11.2 Å². The molecule has 2 aromatic rings. The number of hydrogen-bond acceptors (Lipinski definition) is 5. The molecule has 0 fully saturated rings. The van der Waals surface area contributed by atoms with Crippen LogP contribution in [0.4, 0.5) is 5.69 Å². The number of aromatic nitrogens is 3. The fourth-order valence-corrected chi connectivity index (χ4v) is 2.99. The summed E-state index contributed by atoms with van der Waals surface area (Å²) in [6, 6.07) is 5.86. The maximum Gasteiger partial charge on any atom is 0.234 e. The number of anilines is 1. The summed E-state index contributed by atoms with van der Waals surface area (Å²) in [6.45, 7) is 6.18. The van der Waals surface area contributed by atoms with Crippen molar-refractivity contribution in [2.75, 3.05) is 16.9 Å².